The molecule has 0 radical (unpaired) electrons. The van der Waals surface area contributed by atoms with E-state index < -0.39 is 11.9 Å². The maximum absolute atomic E-state index is 12.9. The highest BCUT2D eigenvalue weighted by Crippen LogP contribution is 2.27. The fourth-order valence-corrected chi connectivity index (χ4v) is 3.31. The molecule has 0 aliphatic heterocycles. The van der Waals surface area contributed by atoms with E-state index in [1.54, 1.807) is 24.4 Å². The van der Waals surface area contributed by atoms with Crippen LogP contribution in [-0.4, -0.2) is 22.0 Å². The van der Waals surface area contributed by atoms with Gasteiger partial charge in [0.2, 0.25) is 0 Å². The summed E-state index contributed by atoms with van der Waals surface area (Å²) < 4.78 is 0. The van der Waals surface area contributed by atoms with E-state index in [0.717, 1.165) is 27.8 Å². The SMILES string of the molecule is Cc1ccc(-c2ccc(C(=O)O)c(NC(=O)c3cncc(-c4ccccc4)c3)c2)cc1. The third-order valence-corrected chi connectivity index (χ3v) is 4.99. The second kappa shape index (κ2) is 8.63. The van der Waals surface area contributed by atoms with E-state index in [1.165, 1.54) is 12.3 Å². The topological polar surface area (TPSA) is 79.3 Å². The first-order valence-electron chi connectivity index (χ1n) is 9.77. The third-order valence-electron chi connectivity index (χ3n) is 4.99. The molecule has 2 N–H and O–H groups in total. The number of aromatic carboxylic acids is 1. The summed E-state index contributed by atoms with van der Waals surface area (Å²) in [6, 6.07) is 24.2. The van der Waals surface area contributed by atoms with E-state index in [0.29, 0.717) is 5.56 Å². The first-order valence-corrected chi connectivity index (χ1v) is 9.77. The lowest BCUT2D eigenvalue weighted by atomic mass is 10.0. The van der Waals surface area contributed by atoms with Crippen LogP contribution in [0.4, 0.5) is 5.69 Å². The third kappa shape index (κ3) is 4.51. The molecule has 1 aromatic heterocycles. The molecule has 0 spiro atoms. The molecule has 0 aliphatic carbocycles. The van der Waals surface area contributed by atoms with Gasteiger partial charge in [-0.05, 0) is 41.8 Å². The van der Waals surface area contributed by atoms with Crippen molar-refractivity contribution >= 4 is 17.6 Å². The minimum Gasteiger partial charge on any atom is -0.478 e. The molecule has 0 fully saturated rings. The molecule has 0 bridgehead atoms. The fourth-order valence-electron chi connectivity index (χ4n) is 3.31. The number of benzene rings is 3. The Kier molecular flexibility index (Phi) is 5.58. The molecule has 31 heavy (non-hydrogen) atoms. The van der Waals surface area contributed by atoms with Crippen molar-refractivity contribution in [2.24, 2.45) is 0 Å². The van der Waals surface area contributed by atoms with Crippen LogP contribution < -0.4 is 5.32 Å². The number of anilines is 1. The standard InChI is InChI=1S/C26H20N2O3/c1-17-7-9-19(10-8-17)20-11-12-23(26(30)31)24(14-20)28-25(29)22-13-21(15-27-16-22)18-5-3-2-4-6-18/h2-16H,1H3,(H,28,29)(H,30,31). The zero-order valence-corrected chi connectivity index (χ0v) is 16.9. The summed E-state index contributed by atoms with van der Waals surface area (Å²) in [6.45, 7) is 2.00. The maximum atomic E-state index is 12.9. The van der Waals surface area contributed by atoms with Crippen LogP contribution in [0, 0.1) is 6.92 Å². The highest BCUT2D eigenvalue weighted by Gasteiger charge is 2.16. The predicted molar refractivity (Wildman–Crippen MR) is 121 cm³/mol. The van der Waals surface area contributed by atoms with Crippen LogP contribution in [0.5, 0.6) is 0 Å². The Labute approximate surface area is 180 Å². The number of aryl methyl sites for hydroxylation is 1. The van der Waals surface area contributed by atoms with Crippen LogP contribution >= 0.6 is 0 Å². The molecule has 0 unspecified atom stereocenters. The molecular formula is C26H20N2O3. The van der Waals surface area contributed by atoms with Crippen molar-refractivity contribution in [2.45, 2.75) is 6.92 Å². The summed E-state index contributed by atoms with van der Waals surface area (Å²) in [5.41, 5.74) is 5.24. The van der Waals surface area contributed by atoms with Crippen LogP contribution in [0.15, 0.2) is 91.3 Å². The smallest absolute Gasteiger partial charge is 0.337 e. The van der Waals surface area contributed by atoms with Gasteiger partial charge in [0.05, 0.1) is 16.8 Å². The Morgan fingerprint density at radius 1 is 0.774 bits per heavy atom. The zero-order chi connectivity index (χ0) is 21.8. The molecule has 0 atom stereocenters. The first-order chi connectivity index (χ1) is 15.0. The van der Waals surface area contributed by atoms with Gasteiger partial charge in [-0.3, -0.25) is 9.78 Å². The Balaban J connectivity index is 1.66. The molecule has 1 amide bonds. The van der Waals surface area contributed by atoms with Crippen molar-refractivity contribution in [2.75, 3.05) is 5.32 Å². The average Bonchev–Trinajstić information content (AvgIpc) is 2.80. The molecule has 5 heteroatoms. The lowest BCUT2D eigenvalue weighted by molar-refractivity contribution is 0.0698. The van der Waals surface area contributed by atoms with Gasteiger partial charge in [-0.1, -0.05) is 66.2 Å². The monoisotopic (exact) mass is 408 g/mol. The number of carboxylic acids is 1. The molecular weight excluding hydrogens is 388 g/mol. The number of carbonyl (C=O) groups excluding carboxylic acids is 1. The van der Waals surface area contributed by atoms with E-state index in [2.05, 4.69) is 10.3 Å². The Morgan fingerprint density at radius 2 is 1.45 bits per heavy atom. The van der Waals surface area contributed by atoms with Gasteiger partial charge < -0.3 is 10.4 Å². The molecule has 4 rings (SSSR count). The van der Waals surface area contributed by atoms with E-state index >= 15 is 0 Å². The molecule has 0 aliphatic rings. The van der Waals surface area contributed by atoms with Gasteiger partial charge in [0.25, 0.3) is 5.91 Å². The second-order valence-corrected chi connectivity index (χ2v) is 7.21. The number of hydrogen-bond donors (Lipinski definition) is 2. The van der Waals surface area contributed by atoms with Crippen LogP contribution in [0.25, 0.3) is 22.3 Å². The Hall–Kier alpha value is -4.25. The highest BCUT2D eigenvalue weighted by molar-refractivity contribution is 6.08. The molecule has 0 saturated carbocycles. The number of rotatable bonds is 5. The van der Waals surface area contributed by atoms with Crippen molar-refractivity contribution in [1.29, 1.82) is 0 Å². The number of pyridine rings is 1. The lowest BCUT2D eigenvalue weighted by Crippen LogP contribution is -2.15. The van der Waals surface area contributed by atoms with Crippen LogP contribution in [-0.2, 0) is 0 Å². The van der Waals surface area contributed by atoms with Gasteiger partial charge in [-0.25, -0.2) is 4.79 Å². The van der Waals surface area contributed by atoms with Gasteiger partial charge in [0.15, 0.2) is 0 Å². The van der Waals surface area contributed by atoms with Crippen molar-refractivity contribution in [1.82, 2.24) is 4.98 Å². The lowest BCUT2D eigenvalue weighted by Gasteiger charge is -2.12. The van der Waals surface area contributed by atoms with Crippen LogP contribution in [0.1, 0.15) is 26.3 Å². The van der Waals surface area contributed by atoms with Crippen LogP contribution in [0.3, 0.4) is 0 Å². The molecule has 5 nitrogen and oxygen atoms in total. The van der Waals surface area contributed by atoms with E-state index in [-0.39, 0.29) is 11.3 Å². The Bertz CT molecular complexity index is 1250. The predicted octanol–water partition coefficient (Wildman–Crippen LogP) is 5.67. The van der Waals surface area contributed by atoms with Crippen molar-refractivity contribution in [3.05, 3.63) is 108 Å². The Morgan fingerprint density at radius 3 is 2.16 bits per heavy atom. The maximum Gasteiger partial charge on any atom is 0.337 e. The van der Waals surface area contributed by atoms with Crippen molar-refractivity contribution in [3.63, 3.8) is 0 Å². The summed E-state index contributed by atoms with van der Waals surface area (Å²) >= 11 is 0. The summed E-state index contributed by atoms with van der Waals surface area (Å²) in [6.07, 6.45) is 3.15. The average molecular weight is 408 g/mol. The highest BCUT2D eigenvalue weighted by atomic mass is 16.4. The molecule has 4 aromatic rings. The van der Waals surface area contributed by atoms with Gasteiger partial charge in [-0.15, -0.1) is 0 Å². The molecule has 152 valence electrons. The van der Waals surface area contributed by atoms with Crippen molar-refractivity contribution < 1.29 is 14.7 Å². The van der Waals surface area contributed by atoms with E-state index in [4.69, 9.17) is 0 Å². The normalized spacial score (nSPS) is 10.5. The number of hydrogen-bond acceptors (Lipinski definition) is 3. The number of amides is 1. The zero-order valence-electron chi connectivity index (χ0n) is 16.9. The molecule has 0 saturated heterocycles. The number of carbonyl (C=O) groups is 2. The van der Waals surface area contributed by atoms with Gasteiger partial charge >= 0.3 is 5.97 Å². The van der Waals surface area contributed by atoms with E-state index in [1.807, 2.05) is 61.5 Å². The van der Waals surface area contributed by atoms with Crippen LogP contribution in [0.2, 0.25) is 0 Å². The van der Waals surface area contributed by atoms with Gasteiger partial charge in [-0.2, -0.15) is 0 Å². The van der Waals surface area contributed by atoms with Gasteiger partial charge in [0, 0.05) is 18.0 Å². The number of nitrogens with one attached hydrogen (secondary N) is 1. The minimum atomic E-state index is -1.11. The number of nitrogens with zero attached hydrogens (tertiary/aromatic N) is 1. The summed E-state index contributed by atoms with van der Waals surface area (Å²) in [5, 5.41) is 12.3. The molecule has 3 aromatic carbocycles. The summed E-state index contributed by atoms with van der Waals surface area (Å²) in [7, 11) is 0. The second-order valence-electron chi connectivity index (χ2n) is 7.21. The summed E-state index contributed by atoms with van der Waals surface area (Å²) in [5.74, 6) is -1.53. The van der Waals surface area contributed by atoms with Gasteiger partial charge in [0.1, 0.15) is 0 Å². The first kappa shape index (κ1) is 20.0. The van der Waals surface area contributed by atoms with E-state index in [9.17, 15) is 14.7 Å². The minimum absolute atomic E-state index is 0.0244. The fraction of sp³-hybridized carbons (Fsp3) is 0.0385. The largest absolute Gasteiger partial charge is 0.478 e. The summed E-state index contributed by atoms with van der Waals surface area (Å²) in [4.78, 5) is 28.8. The quantitative estimate of drug-likeness (QED) is 0.446. The number of aromatic nitrogens is 1. The number of carboxylic acid groups (broad SMARTS) is 1. The molecule has 1 heterocycles. The van der Waals surface area contributed by atoms with Crippen molar-refractivity contribution in [3.8, 4) is 22.3 Å².